The van der Waals surface area contributed by atoms with Crippen molar-refractivity contribution in [2.75, 3.05) is 18.6 Å². The van der Waals surface area contributed by atoms with Gasteiger partial charge >= 0.3 is 0 Å². The molecular weight excluding hydrogens is 337 g/mol. The van der Waals surface area contributed by atoms with Crippen LogP contribution >= 0.6 is 22.6 Å². The van der Waals surface area contributed by atoms with Gasteiger partial charge in [-0.2, -0.15) is 0 Å². The molecule has 0 unspecified atom stereocenters. The van der Waals surface area contributed by atoms with E-state index in [-0.39, 0.29) is 5.91 Å². The third kappa shape index (κ3) is 4.21. The molecule has 0 aliphatic heterocycles. The second-order valence-electron chi connectivity index (χ2n) is 3.50. The van der Waals surface area contributed by atoms with Crippen molar-refractivity contribution in [1.82, 2.24) is 5.32 Å². The first-order chi connectivity index (χ1) is 7.50. The van der Waals surface area contributed by atoms with E-state index in [1.165, 1.54) is 0 Å². The lowest BCUT2D eigenvalue weighted by Crippen LogP contribution is -2.27. The van der Waals surface area contributed by atoms with Crippen molar-refractivity contribution >= 4 is 39.3 Å². The van der Waals surface area contributed by atoms with Crippen LogP contribution in [-0.2, 0) is 10.8 Å². The quantitative estimate of drug-likeness (QED) is 0.840. The zero-order chi connectivity index (χ0) is 12.1. The maximum Gasteiger partial charge on any atom is 0.251 e. The van der Waals surface area contributed by atoms with E-state index in [1.54, 1.807) is 12.3 Å². The highest BCUT2D eigenvalue weighted by atomic mass is 127. The van der Waals surface area contributed by atoms with Gasteiger partial charge in [0.05, 0.1) is 0 Å². The van der Waals surface area contributed by atoms with Crippen molar-refractivity contribution in [3.8, 4) is 0 Å². The summed E-state index contributed by atoms with van der Waals surface area (Å²) in [6.45, 7) is 2.45. The summed E-state index contributed by atoms with van der Waals surface area (Å²) in [6, 6.07) is 5.58. The molecule has 5 heteroatoms. The SMILES string of the molecule is Cc1ccc(C(=O)NCC[S@@](C)=O)cc1I. The maximum atomic E-state index is 11.7. The molecule has 0 bridgehead atoms. The first kappa shape index (κ1) is 13.6. The first-order valence-corrected chi connectivity index (χ1v) is 7.65. The van der Waals surface area contributed by atoms with Crippen LogP contribution in [0.1, 0.15) is 15.9 Å². The number of amides is 1. The predicted molar refractivity (Wildman–Crippen MR) is 75.2 cm³/mol. The van der Waals surface area contributed by atoms with Crippen molar-refractivity contribution in [3.05, 3.63) is 32.9 Å². The minimum atomic E-state index is -0.863. The Morgan fingerprint density at radius 1 is 1.50 bits per heavy atom. The van der Waals surface area contributed by atoms with Gasteiger partial charge in [0.25, 0.3) is 5.91 Å². The Bertz CT molecular complexity index is 420. The van der Waals surface area contributed by atoms with Crippen molar-refractivity contribution < 1.29 is 9.00 Å². The van der Waals surface area contributed by atoms with Crippen molar-refractivity contribution in [1.29, 1.82) is 0 Å². The third-order valence-electron chi connectivity index (χ3n) is 2.11. The molecule has 0 heterocycles. The second-order valence-corrected chi connectivity index (χ2v) is 6.21. The number of rotatable bonds is 4. The van der Waals surface area contributed by atoms with Crippen LogP contribution in [0.4, 0.5) is 0 Å². The summed E-state index contributed by atoms with van der Waals surface area (Å²) in [5, 5.41) is 2.74. The van der Waals surface area contributed by atoms with Gasteiger partial charge in [0.15, 0.2) is 0 Å². The summed E-state index contributed by atoms with van der Waals surface area (Å²) in [4.78, 5) is 11.7. The molecule has 3 nitrogen and oxygen atoms in total. The number of hydrogen-bond acceptors (Lipinski definition) is 2. The summed E-state index contributed by atoms with van der Waals surface area (Å²) in [7, 11) is -0.863. The molecule has 0 aliphatic rings. The Hall–Kier alpha value is -0.430. The lowest BCUT2D eigenvalue weighted by Gasteiger charge is -2.05. The van der Waals surface area contributed by atoms with Crippen molar-refractivity contribution in [3.63, 3.8) is 0 Å². The third-order valence-corrected chi connectivity index (χ3v) is 4.05. The second kappa shape index (κ2) is 6.34. The highest BCUT2D eigenvalue weighted by molar-refractivity contribution is 14.1. The van der Waals surface area contributed by atoms with Gasteiger partial charge in [-0.15, -0.1) is 0 Å². The fraction of sp³-hybridized carbons (Fsp3) is 0.364. The van der Waals surface area contributed by atoms with E-state index in [1.807, 2.05) is 19.1 Å². The molecule has 1 N–H and O–H groups in total. The van der Waals surface area contributed by atoms with Gasteiger partial charge in [0.2, 0.25) is 0 Å². The maximum absolute atomic E-state index is 11.7. The molecule has 0 spiro atoms. The molecular formula is C11H14INO2S. The van der Waals surface area contributed by atoms with Crippen LogP contribution in [0, 0.1) is 10.5 Å². The Morgan fingerprint density at radius 3 is 2.75 bits per heavy atom. The van der Waals surface area contributed by atoms with Gasteiger partial charge in [-0.05, 0) is 47.2 Å². The Balaban J connectivity index is 2.59. The van der Waals surface area contributed by atoms with E-state index in [0.717, 1.165) is 9.13 Å². The van der Waals surface area contributed by atoms with Crippen LogP contribution in [0.15, 0.2) is 18.2 Å². The van der Waals surface area contributed by atoms with E-state index >= 15 is 0 Å². The fourth-order valence-corrected chi connectivity index (χ4v) is 2.05. The Kier molecular flexibility index (Phi) is 5.40. The average Bonchev–Trinajstić information content (AvgIpc) is 2.21. The van der Waals surface area contributed by atoms with E-state index in [4.69, 9.17) is 0 Å². The number of halogens is 1. The summed E-state index contributed by atoms with van der Waals surface area (Å²) < 4.78 is 11.9. The van der Waals surface area contributed by atoms with E-state index in [2.05, 4.69) is 27.9 Å². The molecule has 0 saturated carbocycles. The van der Waals surface area contributed by atoms with Gasteiger partial charge in [0.1, 0.15) is 0 Å². The highest BCUT2D eigenvalue weighted by Gasteiger charge is 2.06. The summed E-state index contributed by atoms with van der Waals surface area (Å²) >= 11 is 2.20. The van der Waals surface area contributed by atoms with Crippen LogP contribution < -0.4 is 5.32 Å². The highest BCUT2D eigenvalue weighted by Crippen LogP contribution is 2.13. The molecule has 1 aromatic carbocycles. The smallest absolute Gasteiger partial charge is 0.251 e. The zero-order valence-corrected chi connectivity index (χ0v) is 12.2. The Morgan fingerprint density at radius 2 is 2.19 bits per heavy atom. The molecule has 0 fully saturated rings. The number of nitrogens with one attached hydrogen (secondary N) is 1. The summed E-state index contributed by atoms with van der Waals surface area (Å²) in [5.41, 5.74) is 1.81. The number of carbonyl (C=O) groups is 1. The fourth-order valence-electron chi connectivity index (χ4n) is 1.14. The summed E-state index contributed by atoms with van der Waals surface area (Å²) in [6.07, 6.45) is 1.63. The van der Waals surface area contributed by atoms with Crippen LogP contribution in [0.5, 0.6) is 0 Å². The standard InChI is InChI=1S/C11H14INO2S/c1-8-3-4-9(7-10(8)12)11(14)13-5-6-16(2)15/h3-4,7H,5-6H2,1-2H3,(H,13,14)/t16-/m1/s1. The average molecular weight is 351 g/mol. The summed E-state index contributed by atoms with van der Waals surface area (Å²) in [5.74, 6) is 0.387. The molecule has 0 radical (unpaired) electrons. The number of carbonyl (C=O) groups excluding carboxylic acids is 1. The van der Waals surface area contributed by atoms with Crippen LogP contribution in [0.2, 0.25) is 0 Å². The minimum Gasteiger partial charge on any atom is -0.351 e. The molecule has 0 saturated heterocycles. The zero-order valence-electron chi connectivity index (χ0n) is 9.25. The molecule has 1 rings (SSSR count). The monoisotopic (exact) mass is 351 g/mol. The lowest BCUT2D eigenvalue weighted by molar-refractivity contribution is 0.0956. The topological polar surface area (TPSA) is 46.2 Å². The molecule has 1 amide bonds. The number of aryl methyl sites for hydroxylation is 1. The molecule has 0 aliphatic carbocycles. The van der Waals surface area contributed by atoms with E-state index in [9.17, 15) is 9.00 Å². The van der Waals surface area contributed by atoms with E-state index < -0.39 is 10.8 Å². The first-order valence-electron chi connectivity index (χ1n) is 4.85. The van der Waals surface area contributed by atoms with E-state index in [0.29, 0.717) is 17.9 Å². The van der Waals surface area contributed by atoms with Crippen molar-refractivity contribution in [2.45, 2.75) is 6.92 Å². The number of benzene rings is 1. The molecule has 88 valence electrons. The van der Waals surface area contributed by atoms with Gasteiger partial charge < -0.3 is 5.32 Å². The predicted octanol–water partition coefficient (Wildman–Crippen LogP) is 1.71. The molecule has 1 aromatic rings. The number of hydrogen-bond donors (Lipinski definition) is 1. The van der Waals surface area contributed by atoms with Crippen LogP contribution in [-0.4, -0.2) is 28.7 Å². The lowest BCUT2D eigenvalue weighted by atomic mass is 10.1. The van der Waals surface area contributed by atoms with Gasteiger partial charge in [0, 0.05) is 38.5 Å². The molecule has 1 atom stereocenters. The van der Waals surface area contributed by atoms with Gasteiger partial charge in [-0.1, -0.05) is 6.07 Å². The molecule has 0 aromatic heterocycles. The normalized spacial score (nSPS) is 12.2. The largest absolute Gasteiger partial charge is 0.351 e. The van der Waals surface area contributed by atoms with Gasteiger partial charge in [-0.25, -0.2) is 0 Å². The van der Waals surface area contributed by atoms with Crippen molar-refractivity contribution in [2.24, 2.45) is 0 Å². The van der Waals surface area contributed by atoms with Crippen LogP contribution in [0.3, 0.4) is 0 Å². The molecule has 16 heavy (non-hydrogen) atoms. The van der Waals surface area contributed by atoms with Crippen LogP contribution in [0.25, 0.3) is 0 Å². The minimum absolute atomic E-state index is 0.108. The van der Waals surface area contributed by atoms with Gasteiger partial charge in [-0.3, -0.25) is 9.00 Å². The Labute approximate surface area is 112 Å².